The maximum atomic E-state index is 12.5. The fourth-order valence-electron chi connectivity index (χ4n) is 1.92. The van der Waals surface area contributed by atoms with Crippen LogP contribution in [0.1, 0.15) is 26.7 Å². The van der Waals surface area contributed by atoms with Gasteiger partial charge in [0.05, 0.1) is 6.04 Å². The quantitative estimate of drug-likeness (QED) is 0.0698. The van der Waals surface area contributed by atoms with E-state index < -0.39 is 47.9 Å². The smallest absolute Gasteiger partial charge is 0.325 e. The molecule has 13 heteroatoms. The summed E-state index contributed by atoms with van der Waals surface area (Å²) in [6.07, 6.45) is 0.566. The molecule has 0 aromatic heterocycles. The van der Waals surface area contributed by atoms with Crippen LogP contribution in [0.3, 0.4) is 0 Å². The minimum absolute atomic E-state index is 0.0775. The van der Waals surface area contributed by atoms with Gasteiger partial charge in [-0.2, -0.15) is 12.6 Å². The van der Waals surface area contributed by atoms with Crippen LogP contribution in [-0.2, 0) is 19.2 Å². The van der Waals surface area contributed by atoms with Crippen LogP contribution in [0.15, 0.2) is 4.99 Å². The van der Waals surface area contributed by atoms with E-state index in [0.29, 0.717) is 6.42 Å². The monoisotopic (exact) mass is 419 g/mol. The number of hydrogen-bond acceptors (Lipinski definition) is 7. The third-order valence-electron chi connectivity index (χ3n) is 3.54. The molecular formula is C15H29N7O5S. The number of guanidine groups is 1. The fourth-order valence-corrected chi connectivity index (χ4v) is 2.17. The number of nitrogens with one attached hydrogen (secondary N) is 3. The maximum absolute atomic E-state index is 12.5. The summed E-state index contributed by atoms with van der Waals surface area (Å²) in [6, 6.07) is -4.06. The van der Waals surface area contributed by atoms with E-state index in [2.05, 4.69) is 33.6 Å². The molecule has 0 aliphatic heterocycles. The Morgan fingerprint density at radius 2 is 1.54 bits per heavy atom. The summed E-state index contributed by atoms with van der Waals surface area (Å²) >= 11 is 4.01. The second kappa shape index (κ2) is 12.8. The SMILES string of the molecule is CC(N)C(=O)NC(CCCN=C(N)N)C(=O)NC(CS)C(=O)NC(C)C(=O)O. The summed E-state index contributed by atoms with van der Waals surface area (Å²) in [5.41, 5.74) is 16.0. The molecule has 10 N–H and O–H groups in total. The molecule has 0 bridgehead atoms. The highest BCUT2D eigenvalue weighted by Gasteiger charge is 2.27. The van der Waals surface area contributed by atoms with Crippen LogP contribution >= 0.6 is 12.6 Å². The van der Waals surface area contributed by atoms with Crippen molar-refractivity contribution in [2.75, 3.05) is 12.3 Å². The molecule has 0 saturated carbocycles. The summed E-state index contributed by atoms with van der Waals surface area (Å²) in [7, 11) is 0. The predicted molar refractivity (Wildman–Crippen MR) is 107 cm³/mol. The topological polar surface area (TPSA) is 215 Å². The number of carboxylic acids is 1. The minimum Gasteiger partial charge on any atom is -0.480 e. The zero-order chi connectivity index (χ0) is 21.9. The van der Waals surface area contributed by atoms with Gasteiger partial charge < -0.3 is 38.3 Å². The van der Waals surface area contributed by atoms with Crippen molar-refractivity contribution in [1.29, 1.82) is 0 Å². The van der Waals surface area contributed by atoms with E-state index in [0.717, 1.165) is 0 Å². The lowest BCUT2D eigenvalue weighted by Gasteiger charge is -2.23. The van der Waals surface area contributed by atoms with Gasteiger partial charge in [-0.25, -0.2) is 0 Å². The van der Waals surface area contributed by atoms with Gasteiger partial charge in [-0.05, 0) is 26.7 Å². The number of nitrogens with two attached hydrogens (primary N) is 3. The summed E-state index contributed by atoms with van der Waals surface area (Å²) in [5, 5.41) is 16.0. The van der Waals surface area contributed by atoms with Crippen molar-refractivity contribution in [3.8, 4) is 0 Å². The van der Waals surface area contributed by atoms with Crippen LogP contribution in [0.4, 0.5) is 0 Å². The Labute approximate surface area is 168 Å². The van der Waals surface area contributed by atoms with E-state index >= 15 is 0 Å². The van der Waals surface area contributed by atoms with Crippen molar-refractivity contribution in [3.63, 3.8) is 0 Å². The summed E-state index contributed by atoms with van der Waals surface area (Å²) in [6.45, 7) is 2.99. The van der Waals surface area contributed by atoms with Crippen LogP contribution in [0, 0.1) is 0 Å². The third-order valence-corrected chi connectivity index (χ3v) is 3.90. The van der Waals surface area contributed by atoms with Crippen molar-refractivity contribution in [2.24, 2.45) is 22.2 Å². The molecule has 12 nitrogen and oxygen atoms in total. The van der Waals surface area contributed by atoms with Gasteiger partial charge in [-0.3, -0.25) is 24.2 Å². The molecule has 28 heavy (non-hydrogen) atoms. The molecule has 0 saturated heterocycles. The third kappa shape index (κ3) is 9.97. The average molecular weight is 420 g/mol. The van der Waals surface area contributed by atoms with Gasteiger partial charge in [0.15, 0.2) is 5.96 Å². The Hall–Kier alpha value is -2.54. The van der Waals surface area contributed by atoms with Crippen molar-refractivity contribution < 1.29 is 24.3 Å². The number of rotatable bonds is 12. The van der Waals surface area contributed by atoms with E-state index in [-0.39, 0.29) is 24.7 Å². The summed E-state index contributed by atoms with van der Waals surface area (Å²) in [5.74, 6) is -3.30. The van der Waals surface area contributed by atoms with E-state index in [1.807, 2.05) is 0 Å². The Kier molecular flexibility index (Phi) is 11.6. The number of hydrogen-bond donors (Lipinski definition) is 8. The maximum Gasteiger partial charge on any atom is 0.325 e. The van der Waals surface area contributed by atoms with Gasteiger partial charge in [0, 0.05) is 12.3 Å². The molecule has 4 unspecified atom stereocenters. The number of carboxylic acid groups (broad SMARTS) is 1. The second-order valence-corrected chi connectivity index (χ2v) is 6.48. The number of aliphatic imine (C=N–C) groups is 1. The molecule has 3 amide bonds. The van der Waals surface area contributed by atoms with Gasteiger partial charge in [0.1, 0.15) is 18.1 Å². The molecule has 4 atom stereocenters. The first-order chi connectivity index (χ1) is 13.0. The van der Waals surface area contributed by atoms with Crippen molar-refractivity contribution >= 4 is 42.3 Å². The highest BCUT2D eigenvalue weighted by Crippen LogP contribution is 2.02. The van der Waals surface area contributed by atoms with Crippen molar-refractivity contribution in [1.82, 2.24) is 16.0 Å². The van der Waals surface area contributed by atoms with Gasteiger partial charge in [-0.15, -0.1) is 0 Å². The molecule has 0 heterocycles. The van der Waals surface area contributed by atoms with Crippen LogP contribution < -0.4 is 33.2 Å². The van der Waals surface area contributed by atoms with E-state index in [4.69, 9.17) is 22.3 Å². The normalized spacial score (nSPS) is 14.7. The first-order valence-corrected chi connectivity index (χ1v) is 9.18. The van der Waals surface area contributed by atoms with Crippen LogP contribution in [0.2, 0.25) is 0 Å². The first kappa shape index (κ1) is 25.5. The molecule has 0 aliphatic carbocycles. The lowest BCUT2D eigenvalue weighted by Crippen LogP contribution is -2.57. The molecule has 0 rings (SSSR count). The van der Waals surface area contributed by atoms with Gasteiger partial charge in [0.2, 0.25) is 17.7 Å². The van der Waals surface area contributed by atoms with Crippen LogP contribution in [0.25, 0.3) is 0 Å². The number of carbonyl (C=O) groups is 4. The molecule has 0 aromatic carbocycles. The van der Waals surface area contributed by atoms with Crippen molar-refractivity contribution in [3.05, 3.63) is 0 Å². The average Bonchev–Trinajstić information content (AvgIpc) is 2.60. The van der Waals surface area contributed by atoms with E-state index in [1.165, 1.54) is 13.8 Å². The van der Waals surface area contributed by atoms with Gasteiger partial charge >= 0.3 is 5.97 Å². The molecule has 0 aromatic rings. The molecular weight excluding hydrogens is 390 g/mol. The molecule has 160 valence electrons. The minimum atomic E-state index is -1.22. The number of nitrogens with zero attached hydrogens (tertiary/aromatic N) is 1. The lowest BCUT2D eigenvalue weighted by molar-refractivity contribution is -0.141. The van der Waals surface area contributed by atoms with E-state index in [1.54, 1.807) is 0 Å². The molecule has 0 aliphatic rings. The molecule has 0 fully saturated rings. The summed E-state index contributed by atoms with van der Waals surface area (Å²) < 4.78 is 0. The number of carbonyl (C=O) groups excluding carboxylic acids is 3. The Bertz CT molecular complexity index is 595. The Morgan fingerprint density at radius 3 is 2.00 bits per heavy atom. The predicted octanol–water partition coefficient (Wildman–Crippen LogP) is -3.12. The zero-order valence-electron chi connectivity index (χ0n) is 15.8. The van der Waals surface area contributed by atoms with Crippen LogP contribution in [0.5, 0.6) is 0 Å². The Balaban J connectivity index is 5.05. The first-order valence-electron chi connectivity index (χ1n) is 8.55. The van der Waals surface area contributed by atoms with Crippen LogP contribution in [-0.4, -0.2) is 71.2 Å². The number of thiol groups is 1. The molecule has 0 spiro atoms. The van der Waals surface area contributed by atoms with Crippen molar-refractivity contribution in [2.45, 2.75) is 50.9 Å². The number of aliphatic carboxylic acids is 1. The number of amides is 3. The van der Waals surface area contributed by atoms with E-state index in [9.17, 15) is 19.2 Å². The molecule has 0 radical (unpaired) electrons. The highest BCUT2D eigenvalue weighted by atomic mass is 32.1. The standard InChI is InChI=1S/C15H29N7O5S/c1-7(16)11(23)21-9(4-3-5-19-15(17)18)12(24)22-10(6-28)13(25)20-8(2)14(26)27/h7-10,28H,3-6,16H2,1-2H3,(H,20,25)(H,21,23)(H,22,24)(H,26,27)(H4,17,18,19). The Morgan fingerprint density at radius 1 is 1.00 bits per heavy atom. The second-order valence-electron chi connectivity index (χ2n) is 6.11. The highest BCUT2D eigenvalue weighted by molar-refractivity contribution is 7.80. The fraction of sp³-hybridized carbons (Fsp3) is 0.667. The van der Waals surface area contributed by atoms with Gasteiger partial charge in [-0.1, -0.05) is 0 Å². The lowest BCUT2D eigenvalue weighted by atomic mass is 10.1. The zero-order valence-corrected chi connectivity index (χ0v) is 16.7. The largest absolute Gasteiger partial charge is 0.480 e. The summed E-state index contributed by atoms with van der Waals surface area (Å²) in [4.78, 5) is 51.2. The van der Waals surface area contributed by atoms with Gasteiger partial charge in [0.25, 0.3) is 0 Å².